The molecule has 2 aromatic heterocycles. The van der Waals surface area contributed by atoms with Gasteiger partial charge in [-0.05, 0) is 38.1 Å². The van der Waals surface area contributed by atoms with E-state index in [2.05, 4.69) is 20.7 Å². The van der Waals surface area contributed by atoms with Crippen LogP contribution in [-0.2, 0) is 11.8 Å². The first kappa shape index (κ1) is 17.4. The fourth-order valence-corrected chi connectivity index (χ4v) is 2.60. The van der Waals surface area contributed by atoms with Crippen molar-refractivity contribution in [1.29, 1.82) is 0 Å². The molecule has 1 aromatic carbocycles. The molecule has 0 saturated heterocycles. The van der Waals surface area contributed by atoms with E-state index in [-0.39, 0.29) is 12.5 Å². The molecule has 2 N–H and O–H groups in total. The van der Waals surface area contributed by atoms with E-state index in [4.69, 9.17) is 4.74 Å². The SMILES string of the molecule is CCOC(=O)Nc1cccc(C(=O)Nc2cnc3c(c2)c(C)nn3C)c1. The average Bonchev–Trinajstić information content (AvgIpc) is 2.89. The van der Waals surface area contributed by atoms with Crippen LogP contribution in [0.5, 0.6) is 0 Å². The molecule has 0 fully saturated rings. The average molecular weight is 353 g/mol. The number of hydrogen-bond acceptors (Lipinski definition) is 5. The van der Waals surface area contributed by atoms with E-state index >= 15 is 0 Å². The van der Waals surface area contributed by atoms with Gasteiger partial charge in [0.2, 0.25) is 0 Å². The number of fused-ring (bicyclic) bond motifs is 1. The first-order valence-corrected chi connectivity index (χ1v) is 8.12. The summed E-state index contributed by atoms with van der Waals surface area (Å²) in [5.74, 6) is -0.305. The second-order valence-electron chi connectivity index (χ2n) is 5.68. The topological polar surface area (TPSA) is 98.1 Å². The number of ether oxygens (including phenoxy) is 1. The van der Waals surface area contributed by atoms with Crippen LogP contribution in [0.4, 0.5) is 16.2 Å². The first-order valence-electron chi connectivity index (χ1n) is 8.12. The molecule has 8 nitrogen and oxygen atoms in total. The number of pyridine rings is 1. The van der Waals surface area contributed by atoms with E-state index in [9.17, 15) is 9.59 Å². The molecule has 0 aliphatic heterocycles. The number of carbonyl (C=O) groups excluding carboxylic acids is 2. The molecule has 0 bridgehead atoms. The summed E-state index contributed by atoms with van der Waals surface area (Å²) in [5, 5.41) is 10.6. The van der Waals surface area contributed by atoms with Crippen LogP contribution in [-0.4, -0.2) is 33.4 Å². The standard InChI is InChI=1S/C18H19N5O3/c1-4-26-18(25)21-13-7-5-6-12(8-13)17(24)20-14-9-15-11(2)22-23(3)16(15)19-10-14/h5-10H,4H2,1-3H3,(H,20,24)(H,21,25). The van der Waals surface area contributed by atoms with Crippen molar-refractivity contribution in [3.05, 3.63) is 47.8 Å². The Bertz CT molecular complexity index is 980. The van der Waals surface area contributed by atoms with E-state index in [1.807, 2.05) is 20.0 Å². The molecule has 134 valence electrons. The highest BCUT2D eigenvalue weighted by atomic mass is 16.5. The van der Waals surface area contributed by atoms with Crippen molar-refractivity contribution in [1.82, 2.24) is 14.8 Å². The molecule has 0 spiro atoms. The van der Waals surface area contributed by atoms with Gasteiger partial charge in [-0.1, -0.05) is 6.07 Å². The summed E-state index contributed by atoms with van der Waals surface area (Å²) in [6.45, 7) is 3.88. The lowest BCUT2D eigenvalue weighted by Gasteiger charge is -2.08. The molecule has 3 rings (SSSR count). The molecule has 26 heavy (non-hydrogen) atoms. The zero-order valence-electron chi connectivity index (χ0n) is 14.7. The number of amides is 2. The van der Waals surface area contributed by atoms with Gasteiger partial charge in [0.15, 0.2) is 5.65 Å². The Morgan fingerprint density at radius 1 is 1.19 bits per heavy atom. The predicted octanol–water partition coefficient (Wildman–Crippen LogP) is 3.10. The summed E-state index contributed by atoms with van der Waals surface area (Å²) in [6, 6.07) is 8.44. The third kappa shape index (κ3) is 3.64. The molecule has 0 aliphatic rings. The number of anilines is 2. The maximum atomic E-state index is 12.5. The quantitative estimate of drug-likeness (QED) is 0.751. The van der Waals surface area contributed by atoms with Gasteiger partial charge < -0.3 is 10.1 Å². The van der Waals surface area contributed by atoms with Gasteiger partial charge in [-0.2, -0.15) is 5.10 Å². The van der Waals surface area contributed by atoms with Gasteiger partial charge in [0, 0.05) is 23.7 Å². The second kappa shape index (κ2) is 7.22. The van der Waals surface area contributed by atoms with Gasteiger partial charge >= 0.3 is 6.09 Å². The van der Waals surface area contributed by atoms with Crippen LogP contribution >= 0.6 is 0 Å². The number of carbonyl (C=O) groups is 2. The van der Waals surface area contributed by atoms with E-state index in [1.165, 1.54) is 0 Å². The number of benzene rings is 1. The van der Waals surface area contributed by atoms with Gasteiger partial charge in [-0.25, -0.2) is 9.78 Å². The van der Waals surface area contributed by atoms with E-state index in [1.54, 1.807) is 42.1 Å². The second-order valence-corrected chi connectivity index (χ2v) is 5.68. The van der Waals surface area contributed by atoms with Crippen LogP contribution < -0.4 is 10.6 Å². The summed E-state index contributed by atoms with van der Waals surface area (Å²) in [7, 11) is 1.82. The Hall–Kier alpha value is -3.42. The molecule has 0 unspecified atom stereocenters. The smallest absolute Gasteiger partial charge is 0.411 e. The molecule has 2 amide bonds. The zero-order chi connectivity index (χ0) is 18.7. The minimum atomic E-state index is -0.563. The van der Waals surface area contributed by atoms with Crippen molar-refractivity contribution in [2.75, 3.05) is 17.2 Å². The number of nitrogens with zero attached hydrogens (tertiary/aromatic N) is 3. The fourth-order valence-electron chi connectivity index (χ4n) is 2.60. The van der Waals surface area contributed by atoms with Crippen molar-refractivity contribution in [2.45, 2.75) is 13.8 Å². The highest BCUT2D eigenvalue weighted by Gasteiger charge is 2.11. The molecule has 0 radical (unpaired) electrons. The van der Waals surface area contributed by atoms with Gasteiger partial charge in [-0.15, -0.1) is 0 Å². The maximum absolute atomic E-state index is 12.5. The first-order chi connectivity index (χ1) is 12.5. The highest BCUT2D eigenvalue weighted by molar-refractivity contribution is 6.05. The van der Waals surface area contributed by atoms with Gasteiger partial charge in [0.25, 0.3) is 5.91 Å². The Labute approximate surface area is 150 Å². The fraction of sp³-hybridized carbons (Fsp3) is 0.222. The van der Waals surface area contributed by atoms with Crippen molar-refractivity contribution in [3.63, 3.8) is 0 Å². The molecule has 2 heterocycles. The largest absolute Gasteiger partial charge is 0.450 e. The number of aryl methyl sites for hydroxylation is 2. The molecule has 8 heteroatoms. The van der Waals surface area contributed by atoms with E-state index in [0.29, 0.717) is 16.9 Å². The Morgan fingerprint density at radius 3 is 2.77 bits per heavy atom. The summed E-state index contributed by atoms with van der Waals surface area (Å²) >= 11 is 0. The molecular weight excluding hydrogens is 334 g/mol. The molecule has 3 aromatic rings. The Morgan fingerprint density at radius 2 is 2.00 bits per heavy atom. The van der Waals surface area contributed by atoms with Gasteiger partial charge in [-0.3, -0.25) is 14.8 Å². The third-order valence-electron chi connectivity index (χ3n) is 3.77. The van der Waals surface area contributed by atoms with Crippen molar-refractivity contribution >= 4 is 34.4 Å². The summed E-state index contributed by atoms with van der Waals surface area (Å²) in [5.41, 5.74) is 3.05. The van der Waals surface area contributed by atoms with Crippen LogP contribution in [0, 0.1) is 6.92 Å². The monoisotopic (exact) mass is 353 g/mol. The van der Waals surface area contributed by atoms with E-state index in [0.717, 1.165) is 16.7 Å². The lowest BCUT2D eigenvalue weighted by molar-refractivity contribution is 0.102. The summed E-state index contributed by atoms with van der Waals surface area (Å²) in [4.78, 5) is 28.3. The van der Waals surface area contributed by atoms with Crippen LogP contribution in [0.3, 0.4) is 0 Å². The van der Waals surface area contributed by atoms with Crippen molar-refractivity contribution < 1.29 is 14.3 Å². The molecule has 0 saturated carbocycles. The third-order valence-corrected chi connectivity index (χ3v) is 3.77. The summed E-state index contributed by atoms with van der Waals surface area (Å²) in [6.07, 6.45) is 1.02. The normalized spacial score (nSPS) is 10.6. The van der Waals surface area contributed by atoms with Crippen LogP contribution in [0.25, 0.3) is 11.0 Å². The van der Waals surface area contributed by atoms with Crippen LogP contribution in [0.15, 0.2) is 36.5 Å². The molecule has 0 atom stereocenters. The number of hydrogen-bond donors (Lipinski definition) is 2. The highest BCUT2D eigenvalue weighted by Crippen LogP contribution is 2.20. The predicted molar refractivity (Wildman–Crippen MR) is 98.3 cm³/mol. The molecule has 0 aliphatic carbocycles. The number of rotatable bonds is 4. The van der Waals surface area contributed by atoms with Crippen molar-refractivity contribution in [3.8, 4) is 0 Å². The van der Waals surface area contributed by atoms with Crippen LogP contribution in [0.2, 0.25) is 0 Å². The Kier molecular flexibility index (Phi) is 4.83. The Balaban J connectivity index is 1.77. The zero-order valence-corrected chi connectivity index (χ0v) is 14.7. The van der Waals surface area contributed by atoms with Gasteiger partial charge in [0.05, 0.1) is 24.2 Å². The minimum absolute atomic E-state index is 0.273. The summed E-state index contributed by atoms with van der Waals surface area (Å²) < 4.78 is 6.52. The minimum Gasteiger partial charge on any atom is -0.450 e. The van der Waals surface area contributed by atoms with Crippen LogP contribution in [0.1, 0.15) is 23.0 Å². The lowest BCUT2D eigenvalue weighted by Crippen LogP contribution is -2.15. The lowest BCUT2D eigenvalue weighted by atomic mass is 10.2. The number of aromatic nitrogens is 3. The molecular formula is C18H19N5O3. The maximum Gasteiger partial charge on any atom is 0.411 e. The van der Waals surface area contributed by atoms with Gasteiger partial charge in [0.1, 0.15) is 0 Å². The van der Waals surface area contributed by atoms with E-state index < -0.39 is 6.09 Å². The van der Waals surface area contributed by atoms with Crippen molar-refractivity contribution in [2.24, 2.45) is 7.05 Å². The number of nitrogens with one attached hydrogen (secondary N) is 2.